The third kappa shape index (κ3) is 5.63. The van der Waals surface area contributed by atoms with Crippen LogP contribution in [0.3, 0.4) is 0 Å². The molecule has 35 heavy (non-hydrogen) atoms. The SMILES string of the molecule is O=C(Nc1ccc2c(c1)CN(C(=O)C(Cc1ccc(Br)s1)Nc1ccccc1)C2)c1ccccc1. The highest BCUT2D eigenvalue weighted by molar-refractivity contribution is 9.11. The van der Waals surface area contributed by atoms with Crippen LogP contribution in [0.1, 0.15) is 26.4 Å². The molecule has 0 bridgehead atoms. The fraction of sp³-hybridized carbons (Fsp3) is 0.143. The maximum atomic E-state index is 13.7. The van der Waals surface area contributed by atoms with Gasteiger partial charge in [-0.05, 0) is 75.6 Å². The topological polar surface area (TPSA) is 61.4 Å². The van der Waals surface area contributed by atoms with Crippen LogP contribution in [0.4, 0.5) is 11.4 Å². The molecule has 2 N–H and O–H groups in total. The Kier molecular flexibility index (Phi) is 6.97. The molecule has 3 aromatic carbocycles. The smallest absolute Gasteiger partial charge is 0.255 e. The van der Waals surface area contributed by atoms with Crippen LogP contribution in [0.15, 0.2) is 94.8 Å². The number of amides is 2. The summed E-state index contributed by atoms with van der Waals surface area (Å²) < 4.78 is 1.05. The highest BCUT2D eigenvalue weighted by atomic mass is 79.9. The molecular weight excluding hydrogens is 522 g/mol. The summed E-state index contributed by atoms with van der Waals surface area (Å²) in [5.74, 6) is -0.0878. The minimum atomic E-state index is -0.380. The lowest BCUT2D eigenvalue weighted by atomic mass is 10.1. The Morgan fingerprint density at radius 1 is 0.857 bits per heavy atom. The van der Waals surface area contributed by atoms with Gasteiger partial charge in [-0.25, -0.2) is 0 Å². The first-order valence-corrected chi connectivity index (χ1v) is 13.0. The second-order valence-electron chi connectivity index (χ2n) is 8.47. The number of nitrogens with zero attached hydrogens (tertiary/aromatic N) is 1. The molecule has 1 aliphatic rings. The van der Waals surface area contributed by atoms with Crippen LogP contribution in [0.5, 0.6) is 0 Å². The average Bonchev–Trinajstić information content (AvgIpc) is 3.49. The molecule has 7 heteroatoms. The number of nitrogens with one attached hydrogen (secondary N) is 2. The molecule has 1 aliphatic heterocycles. The maximum Gasteiger partial charge on any atom is 0.255 e. The van der Waals surface area contributed by atoms with E-state index in [0.29, 0.717) is 25.1 Å². The predicted molar refractivity (Wildman–Crippen MR) is 145 cm³/mol. The molecule has 0 radical (unpaired) electrons. The van der Waals surface area contributed by atoms with Gasteiger partial charge in [0.1, 0.15) is 6.04 Å². The minimum absolute atomic E-state index is 0.0597. The Labute approximate surface area is 216 Å². The van der Waals surface area contributed by atoms with E-state index in [9.17, 15) is 9.59 Å². The Morgan fingerprint density at radius 3 is 2.29 bits per heavy atom. The van der Waals surface area contributed by atoms with Crippen molar-refractivity contribution >= 4 is 50.5 Å². The lowest BCUT2D eigenvalue weighted by Crippen LogP contribution is -2.41. The number of carbonyl (C=O) groups excluding carboxylic acids is 2. The van der Waals surface area contributed by atoms with Gasteiger partial charge in [-0.3, -0.25) is 9.59 Å². The summed E-state index contributed by atoms with van der Waals surface area (Å²) in [6.07, 6.45) is 0.606. The molecule has 0 saturated carbocycles. The van der Waals surface area contributed by atoms with E-state index in [1.165, 1.54) is 0 Å². The molecule has 0 aliphatic carbocycles. The average molecular weight is 546 g/mol. The molecule has 0 spiro atoms. The molecule has 1 unspecified atom stereocenters. The number of halogens is 1. The third-order valence-electron chi connectivity index (χ3n) is 5.98. The lowest BCUT2D eigenvalue weighted by molar-refractivity contribution is -0.132. The van der Waals surface area contributed by atoms with Crippen molar-refractivity contribution in [2.75, 3.05) is 10.6 Å². The van der Waals surface area contributed by atoms with Crippen molar-refractivity contribution < 1.29 is 9.59 Å². The summed E-state index contributed by atoms with van der Waals surface area (Å²) in [6.45, 7) is 1.08. The monoisotopic (exact) mass is 545 g/mol. The number of benzene rings is 3. The van der Waals surface area contributed by atoms with Crippen LogP contribution in [0.2, 0.25) is 0 Å². The van der Waals surface area contributed by atoms with E-state index in [0.717, 1.165) is 31.2 Å². The molecule has 176 valence electrons. The van der Waals surface area contributed by atoms with Crippen LogP contribution >= 0.6 is 27.3 Å². The highest BCUT2D eigenvalue weighted by Crippen LogP contribution is 2.29. The van der Waals surface area contributed by atoms with Crippen LogP contribution < -0.4 is 10.6 Å². The van der Waals surface area contributed by atoms with Crippen molar-refractivity contribution in [2.24, 2.45) is 0 Å². The van der Waals surface area contributed by atoms with Crippen LogP contribution in [-0.2, 0) is 24.3 Å². The molecule has 0 fully saturated rings. The number of hydrogen-bond donors (Lipinski definition) is 2. The molecule has 5 nitrogen and oxygen atoms in total. The van der Waals surface area contributed by atoms with Crippen molar-refractivity contribution in [2.45, 2.75) is 25.6 Å². The van der Waals surface area contributed by atoms with Gasteiger partial charge < -0.3 is 15.5 Å². The second-order valence-corrected chi connectivity index (χ2v) is 11.0. The number of thiophene rings is 1. The molecule has 2 heterocycles. The van der Waals surface area contributed by atoms with E-state index >= 15 is 0 Å². The largest absolute Gasteiger partial charge is 0.373 e. The van der Waals surface area contributed by atoms with Gasteiger partial charge in [-0.15, -0.1) is 11.3 Å². The van der Waals surface area contributed by atoms with Gasteiger partial charge >= 0.3 is 0 Å². The summed E-state index contributed by atoms with van der Waals surface area (Å²) in [5, 5.41) is 6.40. The van der Waals surface area contributed by atoms with Crippen LogP contribution in [0.25, 0.3) is 0 Å². The molecule has 1 atom stereocenters. The van der Waals surface area contributed by atoms with E-state index < -0.39 is 0 Å². The first-order valence-electron chi connectivity index (χ1n) is 11.4. The van der Waals surface area contributed by atoms with Crippen LogP contribution in [0, 0.1) is 0 Å². The zero-order valence-corrected chi connectivity index (χ0v) is 21.3. The van der Waals surface area contributed by atoms with Crippen molar-refractivity contribution in [1.29, 1.82) is 0 Å². The van der Waals surface area contributed by atoms with E-state index in [4.69, 9.17) is 0 Å². The lowest BCUT2D eigenvalue weighted by Gasteiger charge is -2.24. The second kappa shape index (κ2) is 10.5. The zero-order chi connectivity index (χ0) is 24.2. The molecule has 0 saturated heterocycles. The van der Waals surface area contributed by atoms with Crippen molar-refractivity contribution in [3.8, 4) is 0 Å². The van der Waals surface area contributed by atoms with E-state index in [-0.39, 0.29) is 17.9 Å². The quantitative estimate of drug-likeness (QED) is 0.285. The maximum absolute atomic E-state index is 13.7. The van der Waals surface area contributed by atoms with Crippen molar-refractivity contribution in [3.63, 3.8) is 0 Å². The Morgan fingerprint density at radius 2 is 1.57 bits per heavy atom. The fourth-order valence-electron chi connectivity index (χ4n) is 4.24. The number of hydrogen-bond acceptors (Lipinski definition) is 4. The Balaban J connectivity index is 1.30. The van der Waals surface area contributed by atoms with Gasteiger partial charge in [0.15, 0.2) is 0 Å². The van der Waals surface area contributed by atoms with Gasteiger partial charge in [0.2, 0.25) is 5.91 Å². The molecule has 2 amide bonds. The first kappa shape index (κ1) is 23.3. The number of carbonyl (C=O) groups is 2. The Bertz CT molecular complexity index is 1340. The normalized spacial score (nSPS) is 13.2. The number of para-hydroxylation sites is 1. The van der Waals surface area contributed by atoms with E-state index in [1.54, 1.807) is 23.5 Å². The molecular formula is C28H24BrN3O2S. The number of fused-ring (bicyclic) bond motifs is 1. The summed E-state index contributed by atoms with van der Waals surface area (Å²) in [7, 11) is 0. The zero-order valence-electron chi connectivity index (χ0n) is 18.9. The van der Waals surface area contributed by atoms with Crippen LogP contribution in [-0.4, -0.2) is 22.8 Å². The van der Waals surface area contributed by atoms with E-state index in [1.807, 2.05) is 77.7 Å². The van der Waals surface area contributed by atoms with Gasteiger partial charge in [0, 0.05) is 41.3 Å². The predicted octanol–water partition coefficient (Wildman–Crippen LogP) is 6.33. The summed E-state index contributed by atoms with van der Waals surface area (Å²) in [4.78, 5) is 29.2. The Hall–Kier alpha value is -3.42. The molecule has 5 rings (SSSR count). The van der Waals surface area contributed by atoms with Gasteiger partial charge in [0.25, 0.3) is 5.91 Å². The highest BCUT2D eigenvalue weighted by Gasteiger charge is 2.30. The fourth-order valence-corrected chi connectivity index (χ4v) is 5.77. The number of rotatable bonds is 7. The van der Waals surface area contributed by atoms with Gasteiger partial charge in [0.05, 0.1) is 3.79 Å². The summed E-state index contributed by atoms with van der Waals surface area (Å²) in [6, 6.07) is 28.5. The van der Waals surface area contributed by atoms with E-state index in [2.05, 4.69) is 32.6 Å². The van der Waals surface area contributed by atoms with Crippen molar-refractivity contribution in [1.82, 2.24) is 4.90 Å². The summed E-state index contributed by atoms with van der Waals surface area (Å²) in [5.41, 5.74) is 4.42. The van der Waals surface area contributed by atoms with Gasteiger partial charge in [-0.1, -0.05) is 42.5 Å². The first-order chi connectivity index (χ1) is 17.0. The summed E-state index contributed by atoms with van der Waals surface area (Å²) >= 11 is 5.17. The molecule has 1 aromatic heterocycles. The van der Waals surface area contributed by atoms with Gasteiger partial charge in [-0.2, -0.15) is 0 Å². The third-order valence-corrected chi connectivity index (χ3v) is 7.63. The van der Waals surface area contributed by atoms with Crippen molar-refractivity contribution in [3.05, 3.63) is 116 Å². The standard InChI is InChI=1S/C28H24BrN3O2S/c29-26-14-13-24(35-26)16-25(30-22-9-5-2-6-10-22)28(34)32-17-20-11-12-23(15-21(20)18-32)31-27(33)19-7-3-1-4-8-19/h1-15,25,30H,16-18H2,(H,31,33). The minimum Gasteiger partial charge on any atom is -0.373 e. The molecule has 4 aromatic rings. The number of anilines is 2.